The molecule has 1 aromatic carbocycles. The summed E-state index contributed by atoms with van der Waals surface area (Å²) in [4.78, 5) is 53.0. The smallest absolute Gasteiger partial charge is 0.407 e. The van der Waals surface area contributed by atoms with Crippen molar-refractivity contribution >= 4 is 34.4 Å². The number of carbonyl (C=O) groups excluding carboxylic acids is 3. The Kier molecular flexibility index (Phi) is 7.48. The van der Waals surface area contributed by atoms with Crippen LogP contribution in [0, 0.1) is 0 Å². The molecule has 1 aromatic rings. The van der Waals surface area contributed by atoms with Crippen LogP contribution in [0.2, 0.25) is 0 Å². The summed E-state index contributed by atoms with van der Waals surface area (Å²) in [5.41, 5.74) is 2.24. The fourth-order valence-electron chi connectivity index (χ4n) is 5.37. The van der Waals surface area contributed by atoms with Crippen molar-refractivity contribution in [2.75, 3.05) is 12.8 Å². The molecule has 198 valence electrons. The largest absolute Gasteiger partial charge is 0.465 e. The van der Waals surface area contributed by atoms with Crippen LogP contribution in [0.1, 0.15) is 56.2 Å². The second-order valence-electron chi connectivity index (χ2n) is 9.79. The second-order valence-corrected chi connectivity index (χ2v) is 12.2. The van der Waals surface area contributed by atoms with Crippen LogP contribution in [0.15, 0.2) is 24.3 Å². The molecule has 0 aromatic heterocycles. The van der Waals surface area contributed by atoms with E-state index in [4.69, 9.17) is 5.11 Å². The van der Waals surface area contributed by atoms with Gasteiger partial charge in [-0.1, -0.05) is 24.3 Å². The maximum Gasteiger partial charge on any atom is 0.407 e. The van der Waals surface area contributed by atoms with Gasteiger partial charge in [-0.25, -0.2) is 4.79 Å². The van der Waals surface area contributed by atoms with Crippen molar-refractivity contribution in [2.24, 2.45) is 0 Å². The lowest BCUT2D eigenvalue weighted by molar-refractivity contribution is -0.142. The molecular formula is C24H34N4O7S. The summed E-state index contributed by atoms with van der Waals surface area (Å²) in [5, 5.41) is 13.9. The van der Waals surface area contributed by atoms with E-state index in [1.807, 2.05) is 24.3 Å². The monoisotopic (exact) mass is 522 g/mol. The van der Waals surface area contributed by atoms with E-state index in [1.54, 1.807) is 0 Å². The molecule has 11 nitrogen and oxygen atoms in total. The average Bonchev–Trinajstić information content (AvgIpc) is 3.28. The minimum Gasteiger partial charge on any atom is -0.465 e. The summed E-state index contributed by atoms with van der Waals surface area (Å²) >= 11 is 0. The highest BCUT2D eigenvalue weighted by molar-refractivity contribution is 8.24. The van der Waals surface area contributed by atoms with E-state index in [-0.39, 0.29) is 37.0 Å². The number of hydrogen-bond acceptors (Lipinski definition) is 6. The van der Waals surface area contributed by atoms with Gasteiger partial charge in [-0.2, -0.15) is 10.6 Å². The number of nitrogens with zero attached hydrogens (tertiary/aromatic N) is 2. The molecular weight excluding hydrogens is 488 g/mol. The molecule has 0 saturated carbocycles. The van der Waals surface area contributed by atoms with Crippen LogP contribution in [0.4, 0.5) is 4.79 Å². The average molecular weight is 523 g/mol. The molecule has 1 aliphatic carbocycles. The third-order valence-electron chi connectivity index (χ3n) is 7.60. The lowest BCUT2D eigenvalue weighted by atomic mass is 9.87. The molecule has 2 heterocycles. The van der Waals surface area contributed by atoms with Crippen LogP contribution in [0.25, 0.3) is 0 Å². The zero-order valence-corrected chi connectivity index (χ0v) is 21.2. The van der Waals surface area contributed by atoms with Gasteiger partial charge in [-0.15, -0.1) is 0 Å². The molecule has 3 aliphatic rings. The van der Waals surface area contributed by atoms with Gasteiger partial charge >= 0.3 is 6.09 Å². The van der Waals surface area contributed by atoms with Crippen molar-refractivity contribution in [3.05, 3.63) is 35.4 Å². The number of hydrogen-bond donors (Lipinski definition) is 5. The summed E-state index contributed by atoms with van der Waals surface area (Å²) < 4.78 is 21.7. The molecule has 4 rings (SSSR count). The summed E-state index contributed by atoms with van der Waals surface area (Å²) in [5.74, 6) is -1.68. The topological polar surface area (TPSA) is 160 Å². The van der Waals surface area contributed by atoms with E-state index >= 15 is 0 Å². The Bertz CT molecular complexity index is 1050. The highest BCUT2D eigenvalue weighted by Crippen LogP contribution is 2.53. The van der Waals surface area contributed by atoms with Crippen LogP contribution in [-0.4, -0.2) is 84.1 Å². The molecule has 12 heteroatoms. The van der Waals surface area contributed by atoms with E-state index in [0.717, 1.165) is 29.7 Å². The quantitative estimate of drug-likeness (QED) is 0.396. The molecule has 0 unspecified atom stereocenters. The zero-order chi connectivity index (χ0) is 26.2. The van der Waals surface area contributed by atoms with Gasteiger partial charge in [-0.3, -0.25) is 28.4 Å². The Hall–Kier alpha value is -2.83. The van der Waals surface area contributed by atoms with Crippen molar-refractivity contribution in [1.29, 1.82) is 0 Å². The molecule has 4 amide bonds. The first kappa shape index (κ1) is 26.2. The third-order valence-corrected chi connectivity index (χ3v) is 9.77. The van der Waals surface area contributed by atoms with Crippen LogP contribution in [0.5, 0.6) is 0 Å². The summed E-state index contributed by atoms with van der Waals surface area (Å²) in [6, 6.07) is 4.70. The fraction of sp³-hybridized carbons (Fsp3) is 0.583. The van der Waals surface area contributed by atoms with Gasteiger partial charge in [0.05, 0.1) is 6.04 Å². The lowest BCUT2D eigenvalue weighted by Gasteiger charge is -2.41. The molecule has 36 heavy (non-hydrogen) atoms. The Morgan fingerprint density at radius 3 is 2.53 bits per heavy atom. The van der Waals surface area contributed by atoms with Crippen LogP contribution < -0.4 is 10.6 Å². The standard InChI is InChI=1S/C24H34N4O7S/c1-14(27(2)24(32)33)21(29)26-18-12-13-36(34,35)20-11-10-19(28(20)23(18)31)22(30)25-17-9-5-7-15-6-3-4-8-16(15)17/h3-4,6,8,14,17-20,34-35H,5,7,9-13H2,1-2H3,(H,25,30)(H,26,29)(H,32,33)/t14-,17+,18-,19-,20-/m0/s1. The maximum absolute atomic E-state index is 13.6. The fourth-order valence-corrected chi connectivity index (χ4v) is 7.36. The predicted molar refractivity (Wildman–Crippen MR) is 133 cm³/mol. The number of nitrogens with one attached hydrogen (secondary N) is 2. The van der Waals surface area contributed by atoms with Gasteiger partial charge in [0, 0.05) is 12.8 Å². The van der Waals surface area contributed by atoms with E-state index in [2.05, 4.69) is 10.6 Å². The van der Waals surface area contributed by atoms with Gasteiger partial charge in [-0.05, 0) is 56.6 Å². The number of rotatable bonds is 5. The SMILES string of the molecule is C[C@@H](C(=O)N[C@H]1CCS(O)(O)[C@H]2CC[C@@H](C(=O)N[C@@H]3CCCc4ccccc43)N2C1=O)N(C)C(=O)O. The molecule has 0 spiro atoms. The summed E-state index contributed by atoms with van der Waals surface area (Å²) in [6.45, 7) is 1.40. The Balaban J connectivity index is 1.53. The van der Waals surface area contributed by atoms with E-state index < -0.39 is 52.0 Å². The van der Waals surface area contributed by atoms with E-state index in [9.17, 15) is 28.3 Å². The number of carbonyl (C=O) groups is 4. The normalized spacial score (nSPS) is 28.7. The van der Waals surface area contributed by atoms with Crippen LogP contribution in [0.3, 0.4) is 0 Å². The Morgan fingerprint density at radius 1 is 1.08 bits per heavy atom. The first-order valence-electron chi connectivity index (χ1n) is 12.2. The van der Waals surface area contributed by atoms with Gasteiger partial charge in [0.2, 0.25) is 17.7 Å². The first-order chi connectivity index (χ1) is 17.0. The van der Waals surface area contributed by atoms with Crippen molar-refractivity contribution in [3.8, 4) is 0 Å². The van der Waals surface area contributed by atoms with Crippen molar-refractivity contribution < 1.29 is 33.4 Å². The number of likely N-dealkylation sites (N-methyl/N-ethyl adjacent to an activating group) is 1. The summed E-state index contributed by atoms with van der Waals surface area (Å²) in [6.07, 6.45) is 1.88. The van der Waals surface area contributed by atoms with Crippen molar-refractivity contribution in [2.45, 2.75) is 75.0 Å². The molecule has 0 bridgehead atoms. The number of carboxylic acid groups (broad SMARTS) is 1. The first-order valence-corrected chi connectivity index (χ1v) is 14.0. The lowest BCUT2D eigenvalue weighted by Crippen LogP contribution is -2.57. The minimum atomic E-state index is -3.23. The van der Waals surface area contributed by atoms with E-state index in [1.165, 1.54) is 24.4 Å². The Morgan fingerprint density at radius 2 is 1.81 bits per heavy atom. The number of aryl methyl sites for hydroxylation is 1. The number of benzene rings is 1. The highest BCUT2D eigenvalue weighted by atomic mass is 32.3. The molecule has 5 N–H and O–H groups in total. The predicted octanol–water partition coefficient (Wildman–Crippen LogP) is 2.13. The molecule has 0 radical (unpaired) electrons. The highest BCUT2D eigenvalue weighted by Gasteiger charge is 2.51. The molecule has 2 fully saturated rings. The van der Waals surface area contributed by atoms with Gasteiger partial charge in [0.25, 0.3) is 0 Å². The van der Waals surface area contributed by atoms with E-state index in [0.29, 0.717) is 0 Å². The van der Waals surface area contributed by atoms with Gasteiger partial charge in [0.15, 0.2) is 0 Å². The second kappa shape index (κ2) is 10.3. The van der Waals surface area contributed by atoms with Gasteiger partial charge < -0.3 is 20.6 Å². The van der Waals surface area contributed by atoms with Crippen LogP contribution >= 0.6 is 10.6 Å². The number of fused-ring (bicyclic) bond motifs is 2. The zero-order valence-electron chi connectivity index (χ0n) is 20.4. The minimum absolute atomic E-state index is 0.0201. The summed E-state index contributed by atoms with van der Waals surface area (Å²) in [7, 11) is -1.98. The van der Waals surface area contributed by atoms with Crippen molar-refractivity contribution in [1.82, 2.24) is 20.4 Å². The van der Waals surface area contributed by atoms with Crippen LogP contribution in [-0.2, 0) is 20.8 Å². The maximum atomic E-state index is 13.6. The number of amides is 4. The Labute approximate surface area is 211 Å². The molecule has 2 aliphatic heterocycles. The molecule has 5 atom stereocenters. The molecule has 2 saturated heterocycles. The third kappa shape index (κ3) is 5.02. The van der Waals surface area contributed by atoms with Crippen molar-refractivity contribution in [3.63, 3.8) is 0 Å². The van der Waals surface area contributed by atoms with Gasteiger partial charge in [0.1, 0.15) is 23.5 Å².